The fourth-order valence-corrected chi connectivity index (χ4v) is 2.02. The summed E-state index contributed by atoms with van der Waals surface area (Å²) in [4.78, 5) is 16.2. The van der Waals surface area contributed by atoms with Gasteiger partial charge in [-0.15, -0.1) is 0 Å². The number of benzene rings is 2. The first kappa shape index (κ1) is 12.4. The van der Waals surface area contributed by atoms with Crippen molar-refractivity contribution in [2.75, 3.05) is 0 Å². The molecule has 1 aromatic heterocycles. The Morgan fingerprint density at radius 2 is 1.70 bits per heavy atom. The van der Waals surface area contributed by atoms with Crippen LogP contribution in [0.25, 0.3) is 10.8 Å². The van der Waals surface area contributed by atoms with Gasteiger partial charge >= 0.3 is 0 Å². The number of ketones is 1. The van der Waals surface area contributed by atoms with Gasteiger partial charge in [-0.05, 0) is 23.6 Å². The standard InChI is InChI=1S/C16H9F2NO/c17-12-5-6-13(14(18)8-12)16(20)15-7-10-3-1-2-4-11(10)9-19-15/h1-9H. The SMILES string of the molecule is O=C(c1cc2ccccc2cn1)c1ccc(F)cc1F. The maximum Gasteiger partial charge on any atom is 0.214 e. The average Bonchev–Trinajstić information content (AvgIpc) is 2.46. The second kappa shape index (κ2) is 4.81. The Bertz CT molecular complexity index is 814. The molecule has 0 saturated carbocycles. The highest BCUT2D eigenvalue weighted by atomic mass is 19.1. The molecule has 0 radical (unpaired) electrons. The lowest BCUT2D eigenvalue weighted by Crippen LogP contribution is -2.06. The summed E-state index contributed by atoms with van der Waals surface area (Å²) in [5, 5.41) is 1.73. The topological polar surface area (TPSA) is 30.0 Å². The van der Waals surface area contributed by atoms with Crippen molar-refractivity contribution in [2.24, 2.45) is 0 Å². The maximum atomic E-state index is 13.6. The van der Waals surface area contributed by atoms with Crippen LogP contribution < -0.4 is 0 Å². The van der Waals surface area contributed by atoms with Crippen molar-refractivity contribution in [1.29, 1.82) is 0 Å². The van der Waals surface area contributed by atoms with Crippen LogP contribution in [0.2, 0.25) is 0 Å². The molecule has 0 bridgehead atoms. The summed E-state index contributed by atoms with van der Waals surface area (Å²) in [6.45, 7) is 0. The van der Waals surface area contributed by atoms with Crippen molar-refractivity contribution in [3.8, 4) is 0 Å². The molecule has 0 spiro atoms. The number of hydrogen-bond acceptors (Lipinski definition) is 2. The van der Waals surface area contributed by atoms with E-state index in [1.165, 1.54) is 0 Å². The Morgan fingerprint density at radius 3 is 2.45 bits per heavy atom. The van der Waals surface area contributed by atoms with Gasteiger partial charge in [-0.25, -0.2) is 8.78 Å². The van der Waals surface area contributed by atoms with E-state index in [0.29, 0.717) is 6.07 Å². The van der Waals surface area contributed by atoms with E-state index in [9.17, 15) is 13.6 Å². The number of fused-ring (bicyclic) bond motifs is 1. The summed E-state index contributed by atoms with van der Waals surface area (Å²) >= 11 is 0. The van der Waals surface area contributed by atoms with E-state index in [1.807, 2.05) is 24.3 Å². The van der Waals surface area contributed by atoms with Crippen LogP contribution in [0.1, 0.15) is 16.1 Å². The van der Waals surface area contributed by atoms with Crippen molar-refractivity contribution >= 4 is 16.6 Å². The third kappa shape index (κ3) is 2.16. The zero-order chi connectivity index (χ0) is 14.1. The van der Waals surface area contributed by atoms with E-state index in [0.717, 1.165) is 22.9 Å². The van der Waals surface area contributed by atoms with Crippen LogP contribution in [-0.4, -0.2) is 10.8 Å². The lowest BCUT2D eigenvalue weighted by Gasteiger charge is -2.04. The van der Waals surface area contributed by atoms with E-state index in [4.69, 9.17) is 0 Å². The first-order chi connectivity index (χ1) is 9.65. The van der Waals surface area contributed by atoms with Gasteiger partial charge in [0, 0.05) is 17.6 Å². The van der Waals surface area contributed by atoms with E-state index >= 15 is 0 Å². The Hall–Kier alpha value is -2.62. The van der Waals surface area contributed by atoms with E-state index in [-0.39, 0.29) is 11.3 Å². The summed E-state index contributed by atoms with van der Waals surface area (Å²) in [5.41, 5.74) is -0.0524. The van der Waals surface area contributed by atoms with E-state index in [1.54, 1.807) is 12.3 Å². The Morgan fingerprint density at radius 1 is 0.950 bits per heavy atom. The molecule has 98 valence electrons. The van der Waals surface area contributed by atoms with Crippen molar-refractivity contribution in [3.63, 3.8) is 0 Å². The quantitative estimate of drug-likeness (QED) is 0.663. The molecule has 3 rings (SSSR count). The molecule has 4 heteroatoms. The molecule has 1 heterocycles. The number of carbonyl (C=O) groups is 1. The molecule has 0 unspecified atom stereocenters. The van der Waals surface area contributed by atoms with Crippen LogP contribution in [0, 0.1) is 11.6 Å². The molecule has 0 aliphatic carbocycles. The fourth-order valence-electron chi connectivity index (χ4n) is 2.02. The molecule has 2 nitrogen and oxygen atoms in total. The first-order valence-electron chi connectivity index (χ1n) is 6.00. The molecule has 0 fully saturated rings. The Labute approximate surface area is 113 Å². The van der Waals surface area contributed by atoms with Crippen molar-refractivity contribution in [2.45, 2.75) is 0 Å². The van der Waals surface area contributed by atoms with Crippen LogP contribution in [-0.2, 0) is 0 Å². The molecule has 0 aliphatic rings. The van der Waals surface area contributed by atoms with E-state index < -0.39 is 17.4 Å². The molecular formula is C16H9F2NO. The second-order valence-corrected chi connectivity index (χ2v) is 4.37. The fraction of sp³-hybridized carbons (Fsp3) is 0. The van der Waals surface area contributed by atoms with Gasteiger partial charge in [0.2, 0.25) is 5.78 Å². The summed E-state index contributed by atoms with van der Waals surface area (Å²) in [5.74, 6) is -2.16. The predicted octanol–water partition coefficient (Wildman–Crippen LogP) is 3.74. The number of hydrogen-bond donors (Lipinski definition) is 0. The molecule has 3 aromatic rings. The third-order valence-corrected chi connectivity index (χ3v) is 3.04. The number of pyridine rings is 1. The molecule has 20 heavy (non-hydrogen) atoms. The number of carbonyl (C=O) groups excluding carboxylic acids is 1. The minimum atomic E-state index is -0.884. The van der Waals surface area contributed by atoms with Gasteiger partial charge < -0.3 is 0 Å². The van der Waals surface area contributed by atoms with Gasteiger partial charge in [0.15, 0.2) is 0 Å². The maximum absolute atomic E-state index is 13.6. The number of nitrogens with zero attached hydrogens (tertiary/aromatic N) is 1. The first-order valence-corrected chi connectivity index (χ1v) is 6.00. The minimum Gasteiger partial charge on any atom is -0.287 e. The van der Waals surface area contributed by atoms with Gasteiger partial charge in [-0.3, -0.25) is 9.78 Å². The second-order valence-electron chi connectivity index (χ2n) is 4.37. The molecule has 0 amide bonds. The molecular weight excluding hydrogens is 260 g/mol. The summed E-state index contributed by atoms with van der Waals surface area (Å²) < 4.78 is 26.5. The summed E-state index contributed by atoms with van der Waals surface area (Å²) in [7, 11) is 0. The van der Waals surface area contributed by atoms with Crippen molar-refractivity contribution in [1.82, 2.24) is 4.98 Å². The molecule has 0 N–H and O–H groups in total. The van der Waals surface area contributed by atoms with Crippen molar-refractivity contribution in [3.05, 3.63) is 77.6 Å². The van der Waals surface area contributed by atoms with Crippen LogP contribution in [0.5, 0.6) is 0 Å². The zero-order valence-electron chi connectivity index (χ0n) is 10.3. The Kier molecular flexibility index (Phi) is 2.99. The molecule has 0 saturated heterocycles. The average molecular weight is 269 g/mol. The smallest absolute Gasteiger partial charge is 0.214 e. The van der Waals surface area contributed by atoms with Gasteiger partial charge in [-0.2, -0.15) is 0 Å². The number of rotatable bonds is 2. The largest absolute Gasteiger partial charge is 0.287 e. The Balaban J connectivity index is 2.08. The lowest BCUT2D eigenvalue weighted by atomic mass is 10.0. The van der Waals surface area contributed by atoms with Gasteiger partial charge in [0.05, 0.1) is 5.56 Å². The highest BCUT2D eigenvalue weighted by Crippen LogP contribution is 2.18. The highest BCUT2D eigenvalue weighted by Gasteiger charge is 2.16. The van der Waals surface area contributed by atoms with Crippen LogP contribution in [0.15, 0.2) is 54.7 Å². The van der Waals surface area contributed by atoms with E-state index in [2.05, 4.69) is 4.98 Å². The van der Waals surface area contributed by atoms with Gasteiger partial charge in [0.1, 0.15) is 17.3 Å². The lowest BCUT2D eigenvalue weighted by molar-refractivity contribution is 0.103. The minimum absolute atomic E-state index is 0.134. The van der Waals surface area contributed by atoms with Crippen LogP contribution >= 0.6 is 0 Å². The molecule has 0 atom stereocenters. The third-order valence-electron chi connectivity index (χ3n) is 3.04. The number of halogens is 2. The van der Waals surface area contributed by atoms with Crippen molar-refractivity contribution < 1.29 is 13.6 Å². The summed E-state index contributed by atoms with van der Waals surface area (Å²) in [6.07, 6.45) is 1.56. The highest BCUT2D eigenvalue weighted by molar-refractivity contribution is 6.09. The normalized spacial score (nSPS) is 10.7. The predicted molar refractivity (Wildman–Crippen MR) is 71.5 cm³/mol. The van der Waals surface area contributed by atoms with Gasteiger partial charge in [-0.1, -0.05) is 24.3 Å². The summed E-state index contributed by atoms with van der Waals surface area (Å²) in [6, 6.07) is 11.9. The monoisotopic (exact) mass is 269 g/mol. The van der Waals surface area contributed by atoms with Crippen LogP contribution in [0.4, 0.5) is 8.78 Å². The molecule has 0 aliphatic heterocycles. The van der Waals surface area contributed by atoms with Crippen LogP contribution in [0.3, 0.4) is 0 Å². The molecule has 2 aromatic carbocycles. The number of aromatic nitrogens is 1. The van der Waals surface area contributed by atoms with Gasteiger partial charge in [0.25, 0.3) is 0 Å². The zero-order valence-corrected chi connectivity index (χ0v) is 10.3.